The third kappa shape index (κ3) is 2.71. The molecule has 0 fully saturated rings. The zero-order chi connectivity index (χ0) is 13.3. The summed E-state index contributed by atoms with van der Waals surface area (Å²) in [6, 6.07) is 5.09. The molecule has 6 heteroatoms. The van der Waals surface area contributed by atoms with Crippen LogP contribution in [0.1, 0.15) is 24.2 Å². The maximum Gasteiger partial charge on any atom is 0.251 e. The van der Waals surface area contributed by atoms with Crippen LogP contribution in [0, 0.1) is 0 Å². The van der Waals surface area contributed by atoms with Crippen LogP contribution >= 0.6 is 23.2 Å². The smallest absolute Gasteiger partial charge is 0.251 e. The minimum absolute atomic E-state index is 0.0769. The van der Waals surface area contributed by atoms with Gasteiger partial charge >= 0.3 is 0 Å². The number of fused-ring (bicyclic) bond motifs is 1. The summed E-state index contributed by atoms with van der Waals surface area (Å²) in [5.74, 6) is -0.153. The average molecular weight is 284 g/mol. The molecule has 94 valence electrons. The van der Waals surface area contributed by atoms with E-state index in [4.69, 9.17) is 23.2 Å². The van der Waals surface area contributed by atoms with Crippen molar-refractivity contribution in [3.63, 3.8) is 0 Å². The van der Waals surface area contributed by atoms with Crippen LogP contribution in [0.5, 0.6) is 0 Å². The fraction of sp³-hybridized carbons (Fsp3) is 0.250. The first-order valence-corrected chi connectivity index (χ1v) is 6.16. The lowest BCUT2D eigenvalue weighted by Gasteiger charge is -2.08. The number of nitrogens with zero attached hydrogens (tertiary/aromatic N) is 2. The van der Waals surface area contributed by atoms with Crippen molar-refractivity contribution in [2.75, 3.05) is 0 Å². The van der Waals surface area contributed by atoms with Gasteiger partial charge in [0.25, 0.3) is 5.91 Å². The van der Waals surface area contributed by atoms with Gasteiger partial charge in [0.1, 0.15) is 0 Å². The number of rotatable bonds is 2. The van der Waals surface area contributed by atoms with Crippen molar-refractivity contribution in [1.29, 1.82) is 0 Å². The molecule has 0 saturated carbocycles. The Kier molecular flexibility index (Phi) is 3.68. The number of benzene rings is 1. The lowest BCUT2D eigenvalue weighted by atomic mass is 10.1. The highest BCUT2D eigenvalue weighted by atomic mass is 35.5. The summed E-state index contributed by atoms with van der Waals surface area (Å²) in [5, 5.41) is 3.09. The molecule has 1 aromatic heterocycles. The Labute approximate surface area is 114 Å². The van der Waals surface area contributed by atoms with E-state index in [-0.39, 0.29) is 22.3 Å². The molecule has 0 saturated heterocycles. The first-order chi connectivity index (χ1) is 8.47. The second-order valence-corrected chi connectivity index (χ2v) is 4.85. The predicted octanol–water partition coefficient (Wildman–Crippen LogP) is 3.07. The highest BCUT2D eigenvalue weighted by Gasteiger charge is 2.10. The normalized spacial score (nSPS) is 10.9. The number of nitrogens with one attached hydrogen (secondary N) is 1. The van der Waals surface area contributed by atoms with E-state index in [9.17, 15) is 4.79 Å². The van der Waals surface area contributed by atoms with Crippen LogP contribution in [-0.2, 0) is 0 Å². The summed E-state index contributed by atoms with van der Waals surface area (Å²) in [5.41, 5.74) is 1.66. The van der Waals surface area contributed by atoms with Crippen LogP contribution < -0.4 is 5.32 Å². The topological polar surface area (TPSA) is 54.9 Å². The quantitative estimate of drug-likeness (QED) is 0.922. The summed E-state index contributed by atoms with van der Waals surface area (Å²) in [4.78, 5) is 20.0. The number of amides is 1. The van der Waals surface area contributed by atoms with E-state index in [1.807, 2.05) is 13.8 Å². The van der Waals surface area contributed by atoms with Gasteiger partial charge in [0, 0.05) is 11.6 Å². The highest BCUT2D eigenvalue weighted by Crippen LogP contribution is 2.21. The molecule has 0 atom stereocenters. The van der Waals surface area contributed by atoms with Gasteiger partial charge in [-0.3, -0.25) is 4.79 Å². The van der Waals surface area contributed by atoms with Gasteiger partial charge in [0.15, 0.2) is 10.3 Å². The maximum absolute atomic E-state index is 11.8. The van der Waals surface area contributed by atoms with Crippen LogP contribution in [0.25, 0.3) is 11.0 Å². The number of hydrogen-bond acceptors (Lipinski definition) is 3. The number of halogens is 2. The molecule has 4 nitrogen and oxygen atoms in total. The van der Waals surface area contributed by atoms with E-state index in [0.29, 0.717) is 16.6 Å². The van der Waals surface area contributed by atoms with Crippen molar-refractivity contribution in [3.8, 4) is 0 Å². The number of carbonyl (C=O) groups is 1. The third-order valence-corrected chi connectivity index (χ3v) is 2.89. The number of aromatic nitrogens is 2. The van der Waals surface area contributed by atoms with E-state index in [2.05, 4.69) is 15.3 Å². The zero-order valence-electron chi connectivity index (χ0n) is 9.87. The molecule has 1 N–H and O–H groups in total. The summed E-state index contributed by atoms with van der Waals surface area (Å²) in [6.45, 7) is 3.80. The third-order valence-electron chi connectivity index (χ3n) is 2.26. The first-order valence-electron chi connectivity index (χ1n) is 5.41. The average Bonchev–Trinajstić information content (AvgIpc) is 2.29. The van der Waals surface area contributed by atoms with Crippen LogP contribution in [0.15, 0.2) is 18.2 Å². The van der Waals surface area contributed by atoms with Crippen LogP contribution in [0.3, 0.4) is 0 Å². The Morgan fingerprint density at radius 2 is 1.78 bits per heavy atom. The molecule has 2 aromatic rings. The summed E-state index contributed by atoms with van der Waals surface area (Å²) < 4.78 is 0. The SMILES string of the molecule is CC(C)NC(=O)c1ccc2nc(Cl)c(Cl)nc2c1. The molecule has 0 spiro atoms. The number of carbonyl (C=O) groups excluding carboxylic acids is 1. The van der Waals surface area contributed by atoms with E-state index >= 15 is 0 Å². The van der Waals surface area contributed by atoms with E-state index in [0.717, 1.165) is 0 Å². The summed E-state index contributed by atoms with van der Waals surface area (Å²) in [6.07, 6.45) is 0. The Bertz CT molecular complexity index is 614. The second-order valence-electron chi connectivity index (χ2n) is 4.14. The van der Waals surface area contributed by atoms with E-state index < -0.39 is 0 Å². The molecule has 0 aliphatic heterocycles. The van der Waals surface area contributed by atoms with Gasteiger partial charge in [-0.15, -0.1) is 0 Å². The molecule has 0 aliphatic carbocycles. The standard InChI is InChI=1S/C12H11Cl2N3O/c1-6(2)15-12(18)7-3-4-8-9(5-7)17-11(14)10(13)16-8/h3-6H,1-2H3,(H,15,18). The largest absolute Gasteiger partial charge is 0.350 e. The fourth-order valence-electron chi connectivity index (χ4n) is 1.50. The number of hydrogen-bond donors (Lipinski definition) is 1. The fourth-order valence-corrected chi connectivity index (χ4v) is 1.76. The lowest BCUT2D eigenvalue weighted by Crippen LogP contribution is -2.30. The summed E-state index contributed by atoms with van der Waals surface area (Å²) >= 11 is 11.6. The van der Waals surface area contributed by atoms with Crippen molar-refractivity contribution in [1.82, 2.24) is 15.3 Å². The van der Waals surface area contributed by atoms with Crippen LogP contribution in [0.4, 0.5) is 0 Å². The molecule has 18 heavy (non-hydrogen) atoms. The molecule has 1 heterocycles. The Hall–Kier alpha value is -1.39. The molecule has 0 unspecified atom stereocenters. The van der Waals surface area contributed by atoms with Gasteiger partial charge in [-0.05, 0) is 32.0 Å². The first kappa shape index (κ1) is 13.1. The van der Waals surface area contributed by atoms with Gasteiger partial charge < -0.3 is 5.32 Å². The van der Waals surface area contributed by atoms with E-state index in [1.54, 1.807) is 18.2 Å². The second kappa shape index (κ2) is 5.08. The van der Waals surface area contributed by atoms with Crippen LogP contribution in [-0.4, -0.2) is 21.9 Å². The lowest BCUT2D eigenvalue weighted by molar-refractivity contribution is 0.0943. The highest BCUT2D eigenvalue weighted by molar-refractivity contribution is 6.40. The minimum atomic E-state index is -0.153. The Morgan fingerprint density at radius 1 is 1.17 bits per heavy atom. The van der Waals surface area contributed by atoms with Gasteiger partial charge in [0.05, 0.1) is 11.0 Å². The zero-order valence-corrected chi connectivity index (χ0v) is 11.4. The minimum Gasteiger partial charge on any atom is -0.350 e. The van der Waals surface area contributed by atoms with Crippen molar-refractivity contribution in [2.24, 2.45) is 0 Å². The van der Waals surface area contributed by atoms with Crippen molar-refractivity contribution >= 4 is 40.1 Å². The maximum atomic E-state index is 11.8. The monoisotopic (exact) mass is 283 g/mol. The molecule has 0 bridgehead atoms. The molecule has 1 amide bonds. The van der Waals surface area contributed by atoms with Gasteiger partial charge in [-0.2, -0.15) is 0 Å². The molecule has 0 aliphatic rings. The summed E-state index contributed by atoms with van der Waals surface area (Å²) in [7, 11) is 0. The molecule has 0 radical (unpaired) electrons. The Balaban J connectivity index is 2.44. The molecular weight excluding hydrogens is 273 g/mol. The Morgan fingerprint density at radius 3 is 2.39 bits per heavy atom. The molecule has 2 rings (SSSR count). The van der Waals surface area contributed by atoms with Gasteiger partial charge in [-0.1, -0.05) is 23.2 Å². The van der Waals surface area contributed by atoms with Crippen molar-refractivity contribution in [3.05, 3.63) is 34.1 Å². The van der Waals surface area contributed by atoms with E-state index in [1.165, 1.54) is 0 Å². The van der Waals surface area contributed by atoms with Crippen LogP contribution in [0.2, 0.25) is 10.3 Å². The van der Waals surface area contributed by atoms with Crippen molar-refractivity contribution in [2.45, 2.75) is 19.9 Å². The molecular formula is C12H11Cl2N3O. The van der Waals surface area contributed by atoms with Gasteiger partial charge in [0.2, 0.25) is 0 Å². The van der Waals surface area contributed by atoms with Gasteiger partial charge in [-0.25, -0.2) is 9.97 Å². The predicted molar refractivity (Wildman–Crippen MR) is 72.2 cm³/mol. The molecule has 1 aromatic carbocycles. The van der Waals surface area contributed by atoms with Crippen molar-refractivity contribution < 1.29 is 4.79 Å².